The van der Waals surface area contributed by atoms with Crippen molar-refractivity contribution in [2.75, 3.05) is 0 Å². The third kappa shape index (κ3) is 4.87. The van der Waals surface area contributed by atoms with Gasteiger partial charge in [-0.2, -0.15) is 0 Å². The lowest BCUT2D eigenvalue weighted by Crippen LogP contribution is -2.14. The molecule has 214 valence electrons. The van der Waals surface area contributed by atoms with Gasteiger partial charge in [0.15, 0.2) is 0 Å². The standard InChI is InChI=1S/C44H33N/c1-44(2)40-16-10-9-15-38(40)39-26-25-36(27-41(39)44)32-21-17-30(18-22-32)31-19-23-33(24-20-31)37-28-42(34-11-5-3-6-12-34)45-43(29-37)35-13-7-4-8-14-35/h3-29H,1-2H3. The van der Waals surface area contributed by atoms with Crippen LogP contribution in [0.5, 0.6) is 0 Å². The molecule has 0 saturated carbocycles. The molecule has 0 spiro atoms. The summed E-state index contributed by atoms with van der Waals surface area (Å²) in [5, 5.41) is 0. The van der Waals surface area contributed by atoms with E-state index in [-0.39, 0.29) is 5.41 Å². The van der Waals surface area contributed by atoms with Gasteiger partial charge in [0.25, 0.3) is 0 Å². The van der Waals surface area contributed by atoms with Crippen LogP contribution in [0.3, 0.4) is 0 Å². The number of aromatic nitrogens is 1. The van der Waals surface area contributed by atoms with Gasteiger partial charge in [-0.1, -0.05) is 159 Å². The van der Waals surface area contributed by atoms with Crippen molar-refractivity contribution < 1.29 is 0 Å². The minimum absolute atomic E-state index is 0.00214. The zero-order chi connectivity index (χ0) is 30.4. The first-order valence-corrected chi connectivity index (χ1v) is 15.6. The normalized spacial score (nSPS) is 12.8. The molecule has 0 saturated heterocycles. The second-order valence-electron chi connectivity index (χ2n) is 12.4. The predicted octanol–water partition coefficient (Wildman–Crippen LogP) is 11.7. The molecule has 1 heterocycles. The fraction of sp³-hybridized carbons (Fsp3) is 0.0682. The van der Waals surface area contributed by atoms with Crippen LogP contribution in [0.4, 0.5) is 0 Å². The Morgan fingerprint density at radius 3 is 1.31 bits per heavy atom. The smallest absolute Gasteiger partial charge is 0.0715 e. The minimum atomic E-state index is 0.00214. The molecule has 1 aliphatic carbocycles. The minimum Gasteiger partial charge on any atom is -0.248 e. The van der Waals surface area contributed by atoms with Crippen LogP contribution < -0.4 is 0 Å². The number of rotatable bonds is 5. The van der Waals surface area contributed by atoms with Crippen molar-refractivity contribution in [1.29, 1.82) is 0 Å². The van der Waals surface area contributed by atoms with E-state index < -0.39 is 0 Å². The average Bonchev–Trinajstić information content (AvgIpc) is 3.34. The SMILES string of the molecule is CC1(C)c2ccccc2-c2ccc(-c3ccc(-c4ccc(-c5cc(-c6ccccc6)nc(-c6ccccc6)c5)cc4)cc3)cc21. The Morgan fingerprint density at radius 1 is 0.333 bits per heavy atom. The Balaban J connectivity index is 1.09. The molecule has 6 aromatic carbocycles. The molecule has 0 fully saturated rings. The van der Waals surface area contributed by atoms with Crippen molar-refractivity contribution >= 4 is 0 Å². The molecule has 1 aliphatic rings. The number of pyridine rings is 1. The zero-order valence-electron chi connectivity index (χ0n) is 25.5. The highest BCUT2D eigenvalue weighted by Crippen LogP contribution is 2.49. The Morgan fingerprint density at radius 2 is 0.756 bits per heavy atom. The fourth-order valence-corrected chi connectivity index (χ4v) is 6.80. The molecule has 0 radical (unpaired) electrons. The first-order valence-electron chi connectivity index (χ1n) is 15.6. The van der Waals surface area contributed by atoms with E-state index in [2.05, 4.69) is 166 Å². The van der Waals surface area contributed by atoms with Gasteiger partial charge in [0.2, 0.25) is 0 Å². The molecule has 8 rings (SSSR count). The highest BCUT2D eigenvalue weighted by Gasteiger charge is 2.35. The van der Waals surface area contributed by atoms with Crippen LogP contribution in [0.1, 0.15) is 25.0 Å². The lowest BCUT2D eigenvalue weighted by molar-refractivity contribution is 0.660. The molecule has 0 bridgehead atoms. The van der Waals surface area contributed by atoms with E-state index in [9.17, 15) is 0 Å². The average molecular weight is 576 g/mol. The maximum Gasteiger partial charge on any atom is 0.0715 e. The monoisotopic (exact) mass is 575 g/mol. The largest absolute Gasteiger partial charge is 0.248 e. The Labute approximate surface area is 265 Å². The number of hydrogen-bond acceptors (Lipinski definition) is 1. The molecular weight excluding hydrogens is 542 g/mol. The molecule has 0 atom stereocenters. The van der Waals surface area contributed by atoms with E-state index in [1.165, 1.54) is 50.1 Å². The van der Waals surface area contributed by atoms with Crippen LogP contribution in [-0.2, 0) is 5.41 Å². The molecule has 0 amide bonds. The summed E-state index contributed by atoms with van der Waals surface area (Å²) in [5.74, 6) is 0. The van der Waals surface area contributed by atoms with Crippen LogP contribution in [-0.4, -0.2) is 4.98 Å². The van der Waals surface area contributed by atoms with E-state index in [1.807, 2.05) is 12.1 Å². The van der Waals surface area contributed by atoms with Crippen molar-refractivity contribution in [3.8, 4) is 67.0 Å². The first-order chi connectivity index (χ1) is 22.0. The summed E-state index contributed by atoms with van der Waals surface area (Å²) >= 11 is 0. The van der Waals surface area contributed by atoms with Crippen molar-refractivity contribution in [3.63, 3.8) is 0 Å². The maximum atomic E-state index is 5.04. The van der Waals surface area contributed by atoms with E-state index >= 15 is 0 Å². The fourth-order valence-electron chi connectivity index (χ4n) is 6.80. The van der Waals surface area contributed by atoms with E-state index in [4.69, 9.17) is 4.98 Å². The maximum absolute atomic E-state index is 5.04. The molecule has 0 aliphatic heterocycles. The lowest BCUT2D eigenvalue weighted by atomic mass is 9.81. The molecule has 0 unspecified atom stereocenters. The van der Waals surface area contributed by atoms with E-state index in [1.54, 1.807) is 0 Å². The van der Waals surface area contributed by atoms with Gasteiger partial charge in [0.1, 0.15) is 0 Å². The van der Waals surface area contributed by atoms with Gasteiger partial charge >= 0.3 is 0 Å². The van der Waals surface area contributed by atoms with Gasteiger partial charge in [-0.15, -0.1) is 0 Å². The van der Waals surface area contributed by atoms with Gasteiger partial charge in [-0.05, 0) is 73.8 Å². The molecule has 45 heavy (non-hydrogen) atoms. The van der Waals surface area contributed by atoms with Gasteiger partial charge < -0.3 is 0 Å². The van der Waals surface area contributed by atoms with Gasteiger partial charge in [-0.25, -0.2) is 4.98 Å². The highest BCUT2D eigenvalue weighted by molar-refractivity contribution is 5.84. The van der Waals surface area contributed by atoms with Crippen LogP contribution in [0, 0.1) is 0 Å². The molecule has 1 nitrogen and oxygen atoms in total. The van der Waals surface area contributed by atoms with Crippen LogP contribution in [0.2, 0.25) is 0 Å². The summed E-state index contributed by atoms with van der Waals surface area (Å²) in [6.45, 7) is 4.68. The Bertz CT molecular complexity index is 2080. The summed E-state index contributed by atoms with van der Waals surface area (Å²) in [7, 11) is 0. The third-order valence-electron chi connectivity index (χ3n) is 9.32. The summed E-state index contributed by atoms with van der Waals surface area (Å²) in [5.41, 5.74) is 17.0. The van der Waals surface area contributed by atoms with Gasteiger partial charge in [0.05, 0.1) is 11.4 Å². The van der Waals surface area contributed by atoms with E-state index in [0.29, 0.717) is 0 Å². The summed E-state index contributed by atoms with van der Waals surface area (Å²) < 4.78 is 0. The highest BCUT2D eigenvalue weighted by atomic mass is 14.7. The van der Waals surface area contributed by atoms with Crippen molar-refractivity contribution in [2.45, 2.75) is 19.3 Å². The van der Waals surface area contributed by atoms with Crippen LogP contribution in [0.25, 0.3) is 67.0 Å². The lowest BCUT2D eigenvalue weighted by Gasteiger charge is -2.22. The summed E-state index contributed by atoms with van der Waals surface area (Å²) in [6.07, 6.45) is 0. The molecule has 0 N–H and O–H groups in total. The third-order valence-corrected chi connectivity index (χ3v) is 9.32. The number of benzene rings is 6. The van der Waals surface area contributed by atoms with Crippen LogP contribution >= 0.6 is 0 Å². The summed E-state index contributed by atoms with van der Waals surface area (Å²) in [6, 6.07) is 58.9. The number of hydrogen-bond donors (Lipinski definition) is 0. The van der Waals surface area contributed by atoms with Crippen LogP contribution in [0.15, 0.2) is 164 Å². The molecule has 7 aromatic rings. The number of nitrogens with zero attached hydrogens (tertiary/aromatic N) is 1. The Hall–Kier alpha value is -5.53. The van der Waals surface area contributed by atoms with Crippen molar-refractivity contribution in [2.24, 2.45) is 0 Å². The van der Waals surface area contributed by atoms with Crippen molar-refractivity contribution in [1.82, 2.24) is 4.98 Å². The number of fused-ring (bicyclic) bond motifs is 3. The summed E-state index contributed by atoms with van der Waals surface area (Å²) in [4.78, 5) is 5.04. The second kappa shape index (κ2) is 10.9. The first kappa shape index (κ1) is 27.0. The van der Waals surface area contributed by atoms with Crippen molar-refractivity contribution in [3.05, 3.63) is 175 Å². The predicted molar refractivity (Wildman–Crippen MR) is 189 cm³/mol. The topological polar surface area (TPSA) is 12.9 Å². The molecule has 1 heteroatoms. The van der Waals surface area contributed by atoms with Gasteiger partial charge in [0, 0.05) is 16.5 Å². The van der Waals surface area contributed by atoms with E-state index in [0.717, 1.165) is 28.1 Å². The quantitative estimate of drug-likeness (QED) is 0.199. The second-order valence-corrected chi connectivity index (χ2v) is 12.4. The Kier molecular flexibility index (Phi) is 6.54. The van der Waals surface area contributed by atoms with Gasteiger partial charge in [-0.3, -0.25) is 0 Å². The zero-order valence-corrected chi connectivity index (χ0v) is 25.5. The molecule has 1 aromatic heterocycles. The molecular formula is C44H33N.